The quantitative estimate of drug-likeness (QED) is 0.748. The lowest BCUT2D eigenvalue weighted by atomic mass is 10.2. The highest BCUT2D eigenvalue weighted by atomic mass is 32.2. The third kappa shape index (κ3) is 4.12. The number of nitrogens with zero attached hydrogens (tertiary/aromatic N) is 1. The van der Waals surface area contributed by atoms with Gasteiger partial charge in [0.25, 0.3) is 10.0 Å². The number of piperidine rings is 1. The monoisotopic (exact) mass is 452 g/mol. The van der Waals surface area contributed by atoms with Crippen LogP contribution in [0.3, 0.4) is 0 Å². The van der Waals surface area contributed by atoms with Gasteiger partial charge in [0.1, 0.15) is 0 Å². The molecule has 0 radical (unpaired) electrons. The molecule has 2 aromatic rings. The van der Waals surface area contributed by atoms with Crippen molar-refractivity contribution in [3.05, 3.63) is 42.5 Å². The molecule has 1 N–H and O–H groups in total. The summed E-state index contributed by atoms with van der Waals surface area (Å²) in [7, 11) is -7.51. The first-order valence-electron chi connectivity index (χ1n) is 9.72. The maximum absolute atomic E-state index is 12.7. The largest absolute Gasteiger partial charge is 0.449 e. The van der Waals surface area contributed by atoms with E-state index in [4.69, 9.17) is 9.47 Å². The van der Waals surface area contributed by atoms with Gasteiger partial charge in [0.15, 0.2) is 11.5 Å². The second kappa shape index (κ2) is 7.44. The van der Waals surface area contributed by atoms with Crippen molar-refractivity contribution in [2.24, 2.45) is 0 Å². The van der Waals surface area contributed by atoms with Gasteiger partial charge in [-0.25, -0.2) is 16.8 Å². The van der Waals surface area contributed by atoms with E-state index >= 15 is 0 Å². The van der Waals surface area contributed by atoms with Crippen molar-refractivity contribution in [2.45, 2.75) is 48.7 Å². The number of ether oxygens (including phenoxy) is 2. The zero-order valence-electron chi connectivity index (χ0n) is 16.8. The molecular formula is C20H24N2O6S2. The van der Waals surface area contributed by atoms with Crippen molar-refractivity contribution in [3.63, 3.8) is 0 Å². The summed E-state index contributed by atoms with van der Waals surface area (Å²) >= 11 is 0. The summed E-state index contributed by atoms with van der Waals surface area (Å²) in [6, 6.07) is 10.0. The molecule has 2 aliphatic heterocycles. The van der Waals surface area contributed by atoms with E-state index in [9.17, 15) is 16.8 Å². The third-order valence-corrected chi connectivity index (χ3v) is 8.30. The molecule has 0 aliphatic carbocycles. The minimum atomic E-state index is -3.90. The zero-order chi connectivity index (χ0) is 21.6. The van der Waals surface area contributed by atoms with Gasteiger partial charge in [0.05, 0.1) is 15.5 Å². The van der Waals surface area contributed by atoms with Crippen molar-refractivity contribution in [2.75, 3.05) is 17.8 Å². The first-order valence-corrected chi connectivity index (χ1v) is 12.6. The summed E-state index contributed by atoms with van der Waals surface area (Å²) < 4.78 is 66.1. The first-order chi connectivity index (χ1) is 14.1. The van der Waals surface area contributed by atoms with Crippen LogP contribution in [0.1, 0.15) is 33.1 Å². The molecular weight excluding hydrogens is 428 g/mol. The zero-order valence-corrected chi connectivity index (χ0v) is 18.4. The number of sulfonamides is 2. The van der Waals surface area contributed by atoms with Crippen LogP contribution in [0.15, 0.2) is 52.3 Å². The second-order valence-electron chi connectivity index (χ2n) is 7.81. The van der Waals surface area contributed by atoms with E-state index in [1.807, 2.05) is 0 Å². The molecule has 0 atom stereocenters. The van der Waals surface area contributed by atoms with Gasteiger partial charge >= 0.3 is 0 Å². The molecule has 1 saturated heterocycles. The molecule has 30 heavy (non-hydrogen) atoms. The number of fused-ring (bicyclic) bond motifs is 1. The van der Waals surface area contributed by atoms with Gasteiger partial charge in [-0.1, -0.05) is 6.42 Å². The highest BCUT2D eigenvalue weighted by Gasteiger charge is 2.32. The average Bonchev–Trinajstić information content (AvgIpc) is 3.01. The van der Waals surface area contributed by atoms with Crippen molar-refractivity contribution in [1.82, 2.24) is 4.31 Å². The predicted octanol–water partition coefficient (Wildman–Crippen LogP) is 3.17. The van der Waals surface area contributed by atoms with Crippen LogP contribution in [0.5, 0.6) is 11.5 Å². The van der Waals surface area contributed by atoms with E-state index in [2.05, 4.69) is 4.72 Å². The van der Waals surface area contributed by atoms with Gasteiger partial charge in [0.2, 0.25) is 15.8 Å². The van der Waals surface area contributed by atoms with Crippen LogP contribution in [0.4, 0.5) is 5.69 Å². The summed E-state index contributed by atoms with van der Waals surface area (Å²) in [4.78, 5) is 0.0618. The molecule has 4 rings (SSSR count). The fourth-order valence-electron chi connectivity index (χ4n) is 3.55. The lowest BCUT2D eigenvalue weighted by Gasteiger charge is -2.25. The van der Waals surface area contributed by atoms with Gasteiger partial charge in [-0.3, -0.25) is 4.72 Å². The lowest BCUT2D eigenvalue weighted by Crippen LogP contribution is -2.35. The fourth-order valence-corrected chi connectivity index (χ4v) is 6.11. The molecule has 1 fully saturated rings. The van der Waals surface area contributed by atoms with Crippen LogP contribution >= 0.6 is 0 Å². The predicted molar refractivity (Wildman–Crippen MR) is 112 cm³/mol. The molecule has 0 saturated carbocycles. The summed E-state index contributed by atoms with van der Waals surface area (Å²) in [5.41, 5.74) is 0.320. The van der Waals surface area contributed by atoms with E-state index in [-0.39, 0.29) is 9.79 Å². The fraction of sp³-hybridized carbons (Fsp3) is 0.400. The molecule has 10 heteroatoms. The molecule has 0 bridgehead atoms. The minimum absolute atomic E-state index is 0.0295. The van der Waals surface area contributed by atoms with Crippen molar-refractivity contribution in [1.29, 1.82) is 0 Å². The highest BCUT2D eigenvalue weighted by molar-refractivity contribution is 7.92. The SMILES string of the molecule is CC1(C)Oc2ccc(NS(=O)(=O)c3ccc(S(=O)(=O)N4CCCCC4)cc3)cc2O1. The van der Waals surface area contributed by atoms with E-state index in [1.165, 1.54) is 28.6 Å². The Labute approximate surface area is 176 Å². The van der Waals surface area contributed by atoms with E-state index in [0.717, 1.165) is 19.3 Å². The minimum Gasteiger partial charge on any atom is -0.449 e. The van der Waals surface area contributed by atoms with Crippen LogP contribution in [-0.4, -0.2) is 40.0 Å². The Balaban J connectivity index is 1.53. The Kier molecular flexibility index (Phi) is 5.19. The van der Waals surface area contributed by atoms with E-state index in [0.29, 0.717) is 30.3 Å². The molecule has 162 valence electrons. The maximum Gasteiger partial charge on any atom is 0.261 e. The highest BCUT2D eigenvalue weighted by Crippen LogP contribution is 2.41. The second-order valence-corrected chi connectivity index (χ2v) is 11.4. The first kappa shape index (κ1) is 21.0. The van der Waals surface area contributed by atoms with Gasteiger partial charge in [-0.05, 0) is 49.2 Å². The number of nitrogens with one attached hydrogen (secondary N) is 1. The number of anilines is 1. The van der Waals surface area contributed by atoms with Crippen LogP contribution in [0, 0.1) is 0 Å². The topological polar surface area (TPSA) is 102 Å². The normalized spacial score (nSPS) is 18.9. The summed E-state index contributed by atoms with van der Waals surface area (Å²) in [6.07, 6.45) is 2.69. The number of benzene rings is 2. The molecule has 2 aromatic carbocycles. The van der Waals surface area contributed by atoms with E-state index in [1.54, 1.807) is 32.0 Å². The lowest BCUT2D eigenvalue weighted by molar-refractivity contribution is -0.0431. The smallest absolute Gasteiger partial charge is 0.261 e. The van der Waals surface area contributed by atoms with Crippen molar-refractivity contribution in [3.8, 4) is 11.5 Å². The Bertz CT molecular complexity index is 1150. The Hall–Kier alpha value is -2.30. The van der Waals surface area contributed by atoms with Gasteiger partial charge in [-0.15, -0.1) is 0 Å². The summed E-state index contributed by atoms with van der Waals surface area (Å²) in [5, 5.41) is 0. The average molecular weight is 453 g/mol. The molecule has 2 heterocycles. The maximum atomic E-state index is 12.7. The van der Waals surface area contributed by atoms with Crippen molar-refractivity contribution < 1.29 is 26.3 Å². The molecule has 2 aliphatic rings. The number of rotatable bonds is 5. The molecule has 8 nitrogen and oxygen atoms in total. The van der Waals surface area contributed by atoms with Crippen LogP contribution in [0.25, 0.3) is 0 Å². The van der Waals surface area contributed by atoms with Crippen LogP contribution in [0.2, 0.25) is 0 Å². The molecule has 0 spiro atoms. The summed E-state index contributed by atoms with van der Waals surface area (Å²) in [6.45, 7) is 4.50. The standard InChI is InChI=1S/C20H24N2O6S2/c1-20(2)27-18-11-6-15(14-19(18)28-20)21-29(23,24)16-7-9-17(10-8-16)30(25,26)22-12-4-3-5-13-22/h6-11,14,21H,3-5,12-13H2,1-2H3. The van der Waals surface area contributed by atoms with Crippen LogP contribution < -0.4 is 14.2 Å². The van der Waals surface area contributed by atoms with Crippen molar-refractivity contribution >= 4 is 25.7 Å². The molecule has 0 unspecified atom stereocenters. The Morgan fingerprint density at radius 3 is 2.10 bits per heavy atom. The Morgan fingerprint density at radius 2 is 1.43 bits per heavy atom. The third-order valence-electron chi connectivity index (χ3n) is 4.99. The molecule has 0 aromatic heterocycles. The number of hydrogen-bond acceptors (Lipinski definition) is 6. The number of hydrogen-bond donors (Lipinski definition) is 1. The van der Waals surface area contributed by atoms with Crippen LogP contribution in [-0.2, 0) is 20.0 Å². The molecule has 0 amide bonds. The van der Waals surface area contributed by atoms with E-state index < -0.39 is 25.8 Å². The Morgan fingerprint density at radius 1 is 0.833 bits per heavy atom. The summed E-state index contributed by atoms with van der Waals surface area (Å²) in [5.74, 6) is 0.175. The van der Waals surface area contributed by atoms with Gasteiger partial charge < -0.3 is 9.47 Å². The van der Waals surface area contributed by atoms with Gasteiger partial charge in [0, 0.05) is 33.0 Å². The van der Waals surface area contributed by atoms with Gasteiger partial charge in [-0.2, -0.15) is 4.31 Å².